The van der Waals surface area contributed by atoms with Gasteiger partial charge in [-0.1, -0.05) is 19.8 Å². The molecule has 7 heterocycles. The van der Waals surface area contributed by atoms with Crippen LogP contribution >= 0.6 is 20.7 Å². The van der Waals surface area contributed by atoms with E-state index >= 15 is 0 Å². The summed E-state index contributed by atoms with van der Waals surface area (Å²) in [7, 11) is 4.97. The van der Waals surface area contributed by atoms with Gasteiger partial charge in [0.25, 0.3) is 0 Å². The number of carbonyl (C=O) groups excluding carboxylic acids is 1. The standard InChI is InChI=1S/C6H10O.2C4H8O.C3H5ClO.2C3H6O.C2H4O.CH2O.BO.HOP/c1-2-4-6-5(3-1)7-6;1-3-4(2)5-3;1-2-4-3-5-4;4-1-3-2-5-3;2*1-3-2-4-3;1-2-3-1;3*1-2/h5-6H,1-4H2;3-4H,1-2H3;4H,2-3H2,1H3;3H,1-2H2;2*3H,2H2,1H3;1-2H2;1H2;;2H. The van der Waals surface area contributed by atoms with Crippen LogP contribution in [0.15, 0.2) is 0 Å². The van der Waals surface area contributed by atoms with Crippen molar-refractivity contribution in [2.24, 2.45) is 0 Å². The predicted molar refractivity (Wildman–Crippen MR) is 152 cm³/mol. The molecule has 8 aliphatic rings. The second-order valence-electron chi connectivity index (χ2n) is 9.42. The summed E-state index contributed by atoms with van der Waals surface area (Å²) in [6.07, 6.45) is 11.4. The molecule has 1 radical (unpaired) electrons. The molecule has 229 valence electrons. The van der Waals surface area contributed by atoms with E-state index in [0.29, 0.717) is 54.7 Å². The van der Waals surface area contributed by atoms with E-state index in [2.05, 4.69) is 47.1 Å². The van der Waals surface area contributed by atoms with Gasteiger partial charge in [0.1, 0.15) is 15.9 Å². The molecule has 8 unspecified atom stereocenters. The van der Waals surface area contributed by atoms with Gasteiger partial charge in [0.05, 0.1) is 94.4 Å². The van der Waals surface area contributed by atoms with E-state index in [0.717, 1.165) is 39.6 Å². The van der Waals surface area contributed by atoms with Crippen LogP contribution in [0, 0.1) is 0 Å². The summed E-state index contributed by atoms with van der Waals surface area (Å²) < 4.78 is 49.5. The fraction of sp³-hybridized carbons (Fsp3) is 0.962. The van der Waals surface area contributed by atoms with Gasteiger partial charge in [-0.25, -0.2) is 0 Å². The first-order valence-corrected chi connectivity index (χ1v) is 14.5. The normalized spacial score (nSPS) is 34.0. The summed E-state index contributed by atoms with van der Waals surface area (Å²) in [5.74, 6) is 0.667. The van der Waals surface area contributed by atoms with Crippen LogP contribution < -0.4 is 0 Å². The quantitative estimate of drug-likeness (QED) is 0.197. The van der Waals surface area contributed by atoms with Gasteiger partial charge in [-0.05, 0) is 47.0 Å². The van der Waals surface area contributed by atoms with Crippen molar-refractivity contribution in [1.29, 1.82) is 0 Å². The first-order chi connectivity index (χ1) is 18.9. The van der Waals surface area contributed by atoms with Gasteiger partial charge in [0, 0.05) is 0 Å². The van der Waals surface area contributed by atoms with Crippen molar-refractivity contribution < 1.29 is 47.2 Å². The average molecular weight is 600 g/mol. The molecule has 0 bridgehead atoms. The van der Waals surface area contributed by atoms with Crippen LogP contribution in [0.3, 0.4) is 0 Å². The zero-order chi connectivity index (χ0) is 30.1. The molecule has 7 saturated heterocycles. The number of rotatable bonds is 2. The maximum atomic E-state index is 8.06. The van der Waals surface area contributed by atoms with E-state index < -0.39 is 0 Å². The maximum absolute atomic E-state index is 8.06. The molecule has 8 rings (SSSR count). The Morgan fingerprint density at radius 3 is 1.13 bits per heavy atom. The Kier molecular flexibility index (Phi) is 29.1. The van der Waals surface area contributed by atoms with Gasteiger partial charge in [-0.3, -0.25) is 4.57 Å². The van der Waals surface area contributed by atoms with Crippen molar-refractivity contribution in [3.63, 3.8) is 0 Å². The first-order valence-electron chi connectivity index (χ1n) is 13.6. The number of hydrogen-bond acceptors (Lipinski definition) is 10. The Bertz CT molecular complexity index is 495. The second kappa shape index (κ2) is 27.8. The molecule has 0 N–H and O–H groups in total. The number of alkyl halides is 1. The molecular formula is C26H50BClO10P. The summed E-state index contributed by atoms with van der Waals surface area (Å²) >= 11 is 5.27. The number of fused-ring (bicyclic) bond motifs is 1. The average Bonchev–Trinajstić information content (AvgIpc) is 3.78. The van der Waals surface area contributed by atoms with Crippen LogP contribution in [0.4, 0.5) is 0 Å². The number of carbonyl (C=O) groups is 1. The molecule has 39 heavy (non-hydrogen) atoms. The van der Waals surface area contributed by atoms with Gasteiger partial charge in [0.2, 0.25) is 0 Å². The van der Waals surface area contributed by atoms with Gasteiger partial charge >= 0.3 is 12.4 Å². The van der Waals surface area contributed by atoms with Crippen LogP contribution in [0.25, 0.3) is 0 Å². The van der Waals surface area contributed by atoms with E-state index in [1.807, 2.05) is 6.79 Å². The fourth-order valence-electron chi connectivity index (χ4n) is 2.32. The number of ether oxygens (including phenoxy) is 7. The fourth-order valence-corrected chi connectivity index (χ4v) is 2.50. The van der Waals surface area contributed by atoms with E-state index in [1.54, 1.807) is 9.12 Å². The van der Waals surface area contributed by atoms with Crippen molar-refractivity contribution >= 4 is 35.2 Å². The van der Waals surface area contributed by atoms with Crippen molar-refractivity contribution in [1.82, 2.24) is 0 Å². The summed E-state index contributed by atoms with van der Waals surface area (Å²) in [6.45, 7) is 18.3. The Morgan fingerprint density at radius 2 is 1.05 bits per heavy atom. The third kappa shape index (κ3) is 37.6. The molecule has 0 amide bonds. The van der Waals surface area contributed by atoms with Gasteiger partial charge < -0.3 is 38.0 Å². The number of epoxide rings is 7. The molecule has 1 aliphatic carbocycles. The summed E-state index contributed by atoms with van der Waals surface area (Å²) in [6, 6.07) is 0. The Hall–Kier alpha value is -0.355. The molecule has 8 atom stereocenters. The number of halogens is 1. The Labute approximate surface area is 243 Å². The zero-order valence-electron chi connectivity index (χ0n) is 24.3. The van der Waals surface area contributed by atoms with Crippen LogP contribution in [0.2, 0.25) is 0 Å². The molecule has 13 heteroatoms. The predicted octanol–water partition coefficient (Wildman–Crippen LogP) is 4.16. The van der Waals surface area contributed by atoms with Crippen molar-refractivity contribution in [2.75, 3.05) is 45.5 Å². The minimum absolute atomic E-state index is 0.400. The molecule has 0 aromatic rings. The molecule has 8 fully saturated rings. The third-order valence-electron chi connectivity index (χ3n) is 5.56. The minimum atomic E-state index is 0.400. The summed E-state index contributed by atoms with van der Waals surface area (Å²) in [5.41, 5.74) is 0. The van der Waals surface area contributed by atoms with Crippen LogP contribution in [-0.4, -0.2) is 109 Å². The Morgan fingerprint density at radius 1 is 0.744 bits per heavy atom. The van der Waals surface area contributed by atoms with Gasteiger partial charge in [-0.15, -0.1) is 11.6 Å². The van der Waals surface area contributed by atoms with Crippen LogP contribution in [0.5, 0.6) is 0 Å². The van der Waals surface area contributed by atoms with Gasteiger partial charge in [-0.2, -0.15) is 0 Å². The monoisotopic (exact) mass is 599 g/mol. The van der Waals surface area contributed by atoms with Crippen LogP contribution in [-0.2, 0) is 47.2 Å². The molecule has 10 nitrogen and oxygen atoms in total. The second-order valence-corrected chi connectivity index (χ2v) is 9.73. The SMILES string of the molecule is C1CCC2OC2C1.C1CO1.C=O.CC1CO1.CC1CO1.CC1OC1C.CCC1CO1.ClCC1CO1.O=P.[B]=O. The van der Waals surface area contributed by atoms with Crippen molar-refractivity contribution in [2.45, 2.75) is 116 Å². The van der Waals surface area contributed by atoms with E-state index in [1.165, 1.54) is 32.1 Å². The summed E-state index contributed by atoms with van der Waals surface area (Å²) in [5, 5.41) is 0. The molecule has 0 spiro atoms. The zero-order valence-corrected chi connectivity index (χ0v) is 26.1. The van der Waals surface area contributed by atoms with E-state index in [-0.39, 0.29) is 0 Å². The molecular weight excluding hydrogens is 550 g/mol. The van der Waals surface area contributed by atoms with E-state index in [9.17, 15) is 0 Å². The van der Waals surface area contributed by atoms with Crippen molar-refractivity contribution in [3.05, 3.63) is 0 Å². The molecule has 0 aromatic carbocycles. The van der Waals surface area contributed by atoms with E-state index in [4.69, 9.17) is 54.1 Å². The Balaban J connectivity index is 0. The number of hydrogen-bond donors (Lipinski definition) is 0. The third-order valence-corrected chi connectivity index (χ3v) is 5.91. The summed E-state index contributed by atoms with van der Waals surface area (Å²) in [4.78, 5) is 8.00. The first kappa shape index (κ1) is 40.8. The molecule has 7 aliphatic heterocycles. The van der Waals surface area contributed by atoms with Gasteiger partial charge in [0.15, 0.2) is 0 Å². The van der Waals surface area contributed by atoms with Crippen molar-refractivity contribution in [3.8, 4) is 0 Å². The molecule has 1 saturated carbocycles. The molecule has 0 aromatic heterocycles. The topological polar surface area (TPSA) is 139 Å². The van der Waals surface area contributed by atoms with Crippen LogP contribution in [0.1, 0.15) is 66.7 Å².